The van der Waals surface area contributed by atoms with Crippen LogP contribution in [-0.4, -0.2) is 33.2 Å². The maximum atomic E-state index is 5.16. The molecule has 9 heavy (non-hydrogen) atoms. The molecule has 3 nitrogen and oxygen atoms in total. The number of rotatable bonds is 5. The van der Waals surface area contributed by atoms with Crippen LogP contribution in [0.5, 0.6) is 0 Å². The molecule has 0 rings (SSSR count). The van der Waals surface area contributed by atoms with Crippen LogP contribution in [0, 0.1) is 0 Å². The van der Waals surface area contributed by atoms with E-state index in [9.17, 15) is 0 Å². The lowest BCUT2D eigenvalue weighted by molar-refractivity contribution is 0.157. The second kappa shape index (κ2) is 6.43. The van der Waals surface area contributed by atoms with Gasteiger partial charge in [0.15, 0.2) is 0 Å². The van der Waals surface area contributed by atoms with Crippen LogP contribution < -0.4 is 0 Å². The summed E-state index contributed by atoms with van der Waals surface area (Å²) < 4.78 is 15.4. The molecule has 0 spiro atoms. The van der Waals surface area contributed by atoms with Crippen molar-refractivity contribution in [3.8, 4) is 0 Å². The zero-order valence-corrected chi connectivity index (χ0v) is 9.37. The highest BCUT2D eigenvalue weighted by atomic mass is 28.4. The first-order chi connectivity index (χ1) is 4.35. The summed E-state index contributed by atoms with van der Waals surface area (Å²) in [5.41, 5.74) is 0. The van der Waals surface area contributed by atoms with Crippen LogP contribution in [0.3, 0.4) is 0 Å². The Morgan fingerprint density at radius 2 is 1.67 bits per heavy atom. The minimum Gasteiger partial charge on any atom is -0.427 e. The molecule has 56 valence electrons. The quantitative estimate of drug-likeness (QED) is 0.494. The van der Waals surface area contributed by atoms with Crippen molar-refractivity contribution in [3.63, 3.8) is 0 Å². The van der Waals surface area contributed by atoms with E-state index < -0.39 is 9.53 Å². The Balaban J connectivity index is 3.18. The fourth-order valence-corrected chi connectivity index (χ4v) is 2.19. The standard InChI is InChI=1S/C4H14O3Si2/c1-3-5-9(7-8)6-4-2/h9H,3-4H2,1-2,8H3. The lowest BCUT2D eigenvalue weighted by Gasteiger charge is -2.11. The van der Waals surface area contributed by atoms with Gasteiger partial charge >= 0.3 is 9.53 Å². The third kappa shape index (κ3) is 4.79. The smallest absolute Gasteiger partial charge is 0.427 e. The van der Waals surface area contributed by atoms with Crippen LogP contribution in [0.1, 0.15) is 13.8 Å². The molecule has 0 aromatic rings. The maximum Gasteiger partial charge on any atom is 0.473 e. The van der Waals surface area contributed by atoms with Crippen LogP contribution >= 0.6 is 0 Å². The minimum atomic E-state index is -1.65. The maximum absolute atomic E-state index is 5.16. The Kier molecular flexibility index (Phi) is 6.66. The molecule has 0 fully saturated rings. The highest BCUT2D eigenvalue weighted by Crippen LogP contribution is 1.87. The third-order valence-corrected chi connectivity index (χ3v) is 3.55. The highest BCUT2D eigenvalue weighted by Gasteiger charge is 2.08. The van der Waals surface area contributed by atoms with Crippen LogP contribution in [0.15, 0.2) is 0 Å². The van der Waals surface area contributed by atoms with Crippen LogP contribution in [0.4, 0.5) is 0 Å². The molecule has 5 heteroatoms. The van der Waals surface area contributed by atoms with Gasteiger partial charge in [0.25, 0.3) is 0 Å². The first kappa shape index (κ1) is 9.31. The van der Waals surface area contributed by atoms with E-state index in [1.807, 2.05) is 13.8 Å². The van der Waals surface area contributed by atoms with Gasteiger partial charge in [0.05, 0.1) is 0 Å². The predicted octanol–water partition coefficient (Wildman–Crippen LogP) is -0.926. The summed E-state index contributed by atoms with van der Waals surface area (Å²) in [7, 11) is -0.939. The van der Waals surface area contributed by atoms with Crippen molar-refractivity contribution in [3.05, 3.63) is 0 Å². The Hall–Kier alpha value is 0.314. The zero-order chi connectivity index (χ0) is 7.11. The molecule has 0 amide bonds. The molecule has 0 aromatic heterocycles. The van der Waals surface area contributed by atoms with Crippen molar-refractivity contribution in [1.29, 1.82) is 0 Å². The Morgan fingerprint density at radius 3 is 1.89 bits per heavy atom. The summed E-state index contributed by atoms with van der Waals surface area (Å²) in [6.07, 6.45) is 0. The minimum absolute atomic E-state index is 0.694. The number of hydrogen-bond donors (Lipinski definition) is 0. The molecule has 0 saturated heterocycles. The normalized spacial score (nSPS) is 11.0. The van der Waals surface area contributed by atoms with Gasteiger partial charge in [0.2, 0.25) is 0 Å². The van der Waals surface area contributed by atoms with Crippen molar-refractivity contribution in [2.24, 2.45) is 0 Å². The molecule has 0 heterocycles. The summed E-state index contributed by atoms with van der Waals surface area (Å²) in [4.78, 5) is 0. The fraction of sp³-hybridized carbons (Fsp3) is 1.00. The summed E-state index contributed by atoms with van der Waals surface area (Å²) >= 11 is 0. The second-order valence-corrected chi connectivity index (χ2v) is 4.56. The van der Waals surface area contributed by atoms with Gasteiger partial charge in [-0.1, -0.05) is 0 Å². The van der Waals surface area contributed by atoms with Gasteiger partial charge < -0.3 is 13.0 Å². The molecule has 0 aliphatic carbocycles. The van der Waals surface area contributed by atoms with E-state index in [0.717, 1.165) is 0 Å². The fourth-order valence-electron chi connectivity index (χ4n) is 0.456. The van der Waals surface area contributed by atoms with E-state index in [0.29, 0.717) is 23.7 Å². The molecule has 0 atom stereocenters. The first-order valence-electron chi connectivity index (χ1n) is 3.11. The molecule has 0 bridgehead atoms. The van der Waals surface area contributed by atoms with E-state index >= 15 is 0 Å². The van der Waals surface area contributed by atoms with Gasteiger partial charge in [-0.25, -0.2) is 0 Å². The molecule has 0 aliphatic rings. The SMILES string of the molecule is CCO[SiH](O[SiH3])OCC. The van der Waals surface area contributed by atoms with Gasteiger partial charge in [0.1, 0.15) is 10.5 Å². The van der Waals surface area contributed by atoms with Gasteiger partial charge in [-0.15, -0.1) is 0 Å². The molecule has 0 N–H and O–H groups in total. The summed E-state index contributed by atoms with van der Waals surface area (Å²) in [5, 5.41) is 0. The molecular weight excluding hydrogens is 152 g/mol. The Bertz CT molecular complexity index is 55.8. The van der Waals surface area contributed by atoms with E-state index in [2.05, 4.69) is 0 Å². The van der Waals surface area contributed by atoms with Crippen LogP contribution in [-0.2, 0) is 13.0 Å². The topological polar surface area (TPSA) is 27.7 Å². The molecule has 0 radical (unpaired) electrons. The molecule has 0 saturated carbocycles. The van der Waals surface area contributed by atoms with E-state index in [1.165, 1.54) is 0 Å². The molecular formula is C4H14O3Si2. The van der Waals surface area contributed by atoms with Crippen molar-refractivity contribution in [2.45, 2.75) is 13.8 Å². The molecule has 0 aliphatic heterocycles. The average Bonchev–Trinajstić information content (AvgIpc) is 1.88. The number of hydrogen-bond acceptors (Lipinski definition) is 3. The molecule has 0 unspecified atom stereocenters. The van der Waals surface area contributed by atoms with Crippen LogP contribution in [0.2, 0.25) is 0 Å². The molecule has 0 aromatic carbocycles. The van der Waals surface area contributed by atoms with E-state index in [-0.39, 0.29) is 0 Å². The lowest BCUT2D eigenvalue weighted by Crippen LogP contribution is -2.25. The highest BCUT2D eigenvalue weighted by molar-refractivity contribution is 6.42. The largest absolute Gasteiger partial charge is 0.473 e. The predicted molar refractivity (Wildman–Crippen MR) is 41.4 cm³/mol. The van der Waals surface area contributed by atoms with Gasteiger partial charge in [-0.05, 0) is 13.8 Å². The zero-order valence-electron chi connectivity index (χ0n) is 6.22. The van der Waals surface area contributed by atoms with Gasteiger partial charge in [-0.2, -0.15) is 0 Å². The third-order valence-electron chi connectivity index (χ3n) is 0.798. The van der Waals surface area contributed by atoms with Crippen molar-refractivity contribution < 1.29 is 13.0 Å². The second-order valence-electron chi connectivity index (χ2n) is 1.44. The summed E-state index contributed by atoms with van der Waals surface area (Å²) in [5.74, 6) is 0. The monoisotopic (exact) mass is 166 g/mol. The van der Waals surface area contributed by atoms with Crippen molar-refractivity contribution in [2.75, 3.05) is 13.2 Å². The Labute approximate surface area is 60.8 Å². The van der Waals surface area contributed by atoms with E-state index in [4.69, 9.17) is 13.0 Å². The Morgan fingerprint density at radius 1 is 1.22 bits per heavy atom. The van der Waals surface area contributed by atoms with Crippen molar-refractivity contribution >= 4 is 20.0 Å². The van der Waals surface area contributed by atoms with Crippen LogP contribution in [0.25, 0.3) is 0 Å². The van der Waals surface area contributed by atoms with Gasteiger partial charge in [0, 0.05) is 13.2 Å². The average molecular weight is 166 g/mol. The first-order valence-corrected chi connectivity index (χ1v) is 5.34. The van der Waals surface area contributed by atoms with Crippen molar-refractivity contribution in [1.82, 2.24) is 0 Å². The summed E-state index contributed by atoms with van der Waals surface area (Å²) in [6.45, 7) is 5.28. The van der Waals surface area contributed by atoms with Gasteiger partial charge in [-0.3, -0.25) is 0 Å². The summed E-state index contributed by atoms with van der Waals surface area (Å²) in [6, 6.07) is 0. The van der Waals surface area contributed by atoms with E-state index in [1.54, 1.807) is 0 Å². The lowest BCUT2D eigenvalue weighted by atomic mass is 10.9.